The van der Waals surface area contributed by atoms with Gasteiger partial charge in [0.1, 0.15) is 22.8 Å². The van der Waals surface area contributed by atoms with Crippen molar-refractivity contribution in [2.45, 2.75) is 11.8 Å². The molecule has 9 heteroatoms. The number of rotatable bonds is 4. The number of fused-ring (bicyclic) bond motifs is 1. The van der Waals surface area contributed by atoms with Crippen LogP contribution in [0.15, 0.2) is 41.8 Å². The summed E-state index contributed by atoms with van der Waals surface area (Å²) in [6, 6.07) is 5.40. The highest BCUT2D eigenvalue weighted by atomic mass is 19.4. The van der Waals surface area contributed by atoms with Gasteiger partial charge in [-0.2, -0.15) is 13.2 Å². The van der Waals surface area contributed by atoms with Gasteiger partial charge in [0.05, 0.1) is 44.3 Å². The van der Waals surface area contributed by atoms with Crippen LogP contribution in [0, 0.1) is 0 Å². The number of allylic oxidation sites excluding steroid dienone is 3. The molecule has 140 valence electrons. The van der Waals surface area contributed by atoms with E-state index in [-0.39, 0.29) is 6.54 Å². The van der Waals surface area contributed by atoms with Gasteiger partial charge in [-0.3, -0.25) is 0 Å². The maximum Gasteiger partial charge on any atom is 0.430 e. The number of nitrogens with zero attached hydrogens (tertiary/aromatic N) is 1. The fourth-order valence-corrected chi connectivity index (χ4v) is 3.07. The number of hydrogen-bond donors (Lipinski definition) is 3. The maximum absolute atomic E-state index is 12.6. The summed E-state index contributed by atoms with van der Waals surface area (Å²) in [4.78, 5) is 1.99. The predicted molar refractivity (Wildman–Crippen MR) is 88.9 cm³/mol. The van der Waals surface area contributed by atoms with E-state index in [0.717, 1.165) is 17.5 Å². The summed E-state index contributed by atoms with van der Waals surface area (Å²) in [7, 11) is 0. The van der Waals surface area contributed by atoms with Crippen LogP contribution in [0.25, 0.3) is 0 Å². The summed E-state index contributed by atoms with van der Waals surface area (Å²) in [5.41, 5.74) is 0.148. The van der Waals surface area contributed by atoms with E-state index in [1.54, 1.807) is 6.07 Å². The van der Waals surface area contributed by atoms with E-state index in [2.05, 4.69) is 10.6 Å². The Morgan fingerprint density at radius 3 is 2.65 bits per heavy atom. The zero-order chi connectivity index (χ0) is 18.4. The van der Waals surface area contributed by atoms with Crippen LogP contribution in [0.4, 0.5) is 24.5 Å². The topological polar surface area (TPSA) is 66.0 Å². The molecule has 0 radical (unpaired) electrons. The molecule has 3 heterocycles. The van der Waals surface area contributed by atoms with Crippen LogP contribution < -0.4 is 20.3 Å². The molecule has 4 rings (SSSR count). The standard InChI is InChI=1S/C17H18F3N3O3/c18-17(19,20)15-4-2-12(6-21-15)26-11-1-3-13-14(5-11)23(10-22-13)7-16(24)8-25-9-16/h1-5,21-22,24H,6-10H2. The Morgan fingerprint density at radius 1 is 1.23 bits per heavy atom. The third kappa shape index (κ3) is 3.32. The number of nitrogens with one attached hydrogen (secondary N) is 2. The SMILES string of the molecule is OC1(CN2CNc3ccc(OC4=CC=C(C(F)(F)F)NC4)cc32)COC1. The highest BCUT2D eigenvalue weighted by Gasteiger charge is 2.39. The van der Waals surface area contributed by atoms with E-state index in [1.165, 1.54) is 6.08 Å². The first-order valence-electron chi connectivity index (χ1n) is 8.15. The largest absolute Gasteiger partial charge is 0.460 e. The number of aliphatic hydroxyl groups is 1. The minimum Gasteiger partial charge on any atom is -0.460 e. The zero-order valence-electron chi connectivity index (χ0n) is 13.8. The van der Waals surface area contributed by atoms with Crippen LogP contribution in [-0.4, -0.2) is 49.9 Å². The van der Waals surface area contributed by atoms with Gasteiger partial charge in [0.15, 0.2) is 0 Å². The summed E-state index contributed by atoms with van der Waals surface area (Å²) in [5, 5.41) is 15.8. The Hall–Kier alpha value is -2.39. The van der Waals surface area contributed by atoms with Crippen molar-refractivity contribution in [3.05, 3.63) is 41.8 Å². The molecule has 0 saturated carbocycles. The van der Waals surface area contributed by atoms with Gasteiger partial charge < -0.3 is 30.1 Å². The summed E-state index contributed by atoms with van der Waals surface area (Å²) in [6.45, 7) is 1.56. The lowest BCUT2D eigenvalue weighted by molar-refractivity contribution is -0.171. The van der Waals surface area contributed by atoms with Gasteiger partial charge in [0.25, 0.3) is 0 Å². The molecule has 1 saturated heterocycles. The molecule has 6 nitrogen and oxygen atoms in total. The number of alkyl halides is 3. The normalized spacial score (nSPS) is 21.0. The van der Waals surface area contributed by atoms with Gasteiger partial charge in [0.2, 0.25) is 0 Å². The molecule has 0 spiro atoms. The van der Waals surface area contributed by atoms with E-state index in [1.807, 2.05) is 17.0 Å². The first-order valence-corrected chi connectivity index (χ1v) is 8.15. The second kappa shape index (κ2) is 6.10. The van der Waals surface area contributed by atoms with Crippen molar-refractivity contribution in [3.8, 4) is 5.75 Å². The average molecular weight is 369 g/mol. The Kier molecular flexibility index (Phi) is 4.00. The fourth-order valence-electron chi connectivity index (χ4n) is 3.07. The first-order chi connectivity index (χ1) is 12.3. The smallest absolute Gasteiger partial charge is 0.430 e. The third-order valence-corrected chi connectivity index (χ3v) is 4.44. The van der Waals surface area contributed by atoms with Gasteiger partial charge in [0, 0.05) is 6.07 Å². The van der Waals surface area contributed by atoms with Gasteiger partial charge in [-0.1, -0.05) is 0 Å². The zero-order valence-corrected chi connectivity index (χ0v) is 13.8. The van der Waals surface area contributed by atoms with Crippen molar-refractivity contribution >= 4 is 11.4 Å². The van der Waals surface area contributed by atoms with Crippen LogP contribution in [0.3, 0.4) is 0 Å². The second-order valence-electron chi connectivity index (χ2n) is 6.60. The molecule has 1 aromatic rings. The number of β-amino-alcohol motifs (C(OH)–C–C–N with tert-alkyl or cyclic N) is 1. The number of dihydropyridines is 1. The van der Waals surface area contributed by atoms with Crippen LogP contribution in [0.5, 0.6) is 5.75 Å². The lowest BCUT2D eigenvalue weighted by Gasteiger charge is -2.39. The molecular formula is C17H18F3N3O3. The van der Waals surface area contributed by atoms with Crippen LogP contribution in [-0.2, 0) is 4.74 Å². The molecule has 3 aliphatic rings. The van der Waals surface area contributed by atoms with E-state index >= 15 is 0 Å². The molecule has 0 unspecified atom stereocenters. The third-order valence-electron chi connectivity index (χ3n) is 4.44. The molecule has 26 heavy (non-hydrogen) atoms. The van der Waals surface area contributed by atoms with Crippen molar-refractivity contribution < 1.29 is 27.8 Å². The Labute approximate surface area is 147 Å². The monoisotopic (exact) mass is 369 g/mol. The van der Waals surface area contributed by atoms with Crippen LogP contribution >= 0.6 is 0 Å². The van der Waals surface area contributed by atoms with E-state index in [0.29, 0.717) is 37.9 Å². The molecule has 0 aromatic heterocycles. The quantitative estimate of drug-likeness (QED) is 0.754. The van der Waals surface area contributed by atoms with Gasteiger partial charge in [-0.15, -0.1) is 0 Å². The predicted octanol–water partition coefficient (Wildman–Crippen LogP) is 1.95. The lowest BCUT2D eigenvalue weighted by Crippen LogP contribution is -2.57. The van der Waals surface area contributed by atoms with Crippen molar-refractivity contribution in [3.63, 3.8) is 0 Å². The number of hydrogen-bond acceptors (Lipinski definition) is 6. The molecule has 0 aliphatic carbocycles. The summed E-state index contributed by atoms with van der Waals surface area (Å²) < 4.78 is 48.6. The minimum absolute atomic E-state index is 0.0402. The molecular weight excluding hydrogens is 351 g/mol. The molecule has 0 atom stereocenters. The molecule has 0 amide bonds. The Bertz CT molecular complexity index is 772. The van der Waals surface area contributed by atoms with Gasteiger partial charge in [-0.05, 0) is 24.3 Å². The van der Waals surface area contributed by atoms with Crippen molar-refractivity contribution in [2.75, 3.05) is 43.2 Å². The van der Waals surface area contributed by atoms with Gasteiger partial charge >= 0.3 is 6.18 Å². The summed E-state index contributed by atoms with van der Waals surface area (Å²) in [5.74, 6) is 0.910. The number of anilines is 2. The average Bonchev–Trinajstić information content (AvgIpc) is 2.95. The summed E-state index contributed by atoms with van der Waals surface area (Å²) >= 11 is 0. The first kappa shape index (κ1) is 17.0. The maximum atomic E-state index is 12.6. The highest BCUT2D eigenvalue weighted by Crippen LogP contribution is 2.37. The molecule has 1 fully saturated rings. The number of ether oxygens (including phenoxy) is 2. The number of halogens is 3. The molecule has 0 bridgehead atoms. The Morgan fingerprint density at radius 2 is 2.04 bits per heavy atom. The summed E-state index contributed by atoms with van der Waals surface area (Å²) in [6.07, 6.45) is -2.11. The highest BCUT2D eigenvalue weighted by molar-refractivity contribution is 5.76. The molecule has 3 N–H and O–H groups in total. The van der Waals surface area contributed by atoms with E-state index in [4.69, 9.17) is 9.47 Å². The van der Waals surface area contributed by atoms with Crippen molar-refractivity contribution in [1.82, 2.24) is 5.32 Å². The van der Waals surface area contributed by atoms with E-state index < -0.39 is 17.5 Å². The molecule has 1 aromatic carbocycles. The minimum atomic E-state index is -4.40. The molecule has 3 aliphatic heterocycles. The number of benzene rings is 1. The van der Waals surface area contributed by atoms with Crippen LogP contribution in [0.2, 0.25) is 0 Å². The second-order valence-corrected chi connectivity index (χ2v) is 6.60. The lowest BCUT2D eigenvalue weighted by atomic mass is 10.0. The van der Waals surface area contributed by atoms with Crippen LogP contribution in [0.1, 0.15) is 0 Å². The van der Waals surface area contributed by atoms with Crippen molar-refractivity contribution in [2.24, 2.45) is 0 Å². The fraction of sp³-hybridized carbons (Fsp3) is 0.412. The van der Waals surface area contributed by atoms with Crippen molar-refractivity contribution in [1.29, 1.82) is 0 Å². The van der Waals surface area contributed by atoms with E-state index in [9.17, 15) is 18.3 Å². The van der Waals surface area contributed by atoms with Gasteiger partial charge in [-0.25, -0.2) is 0 Å². The Balaban J connectivity index is 1.48.